The zero-order valence-electron chi connectivity index (χ0n) is 14.8. The van der Waals surface area contributed by atoms with Gasteiger partial charge in [0.2, 0.25) is 5.91 Å². The van der Waals surface area contributed by atoms with Crippen molar-refractivity contribution in [2.45, 2.75) is 50.1 Å². The lowest BCUT2D eigenvalue weighted by atomic mass is 9.81. The molecule has 1 fully saturated rings. The predicted molar refractivity (Wildman–Crippen MR) is 101 cm³/mol. The van der Waals surface area contributed by atoms with E-state index in [1.54, 1.807) is 12.4 Å². The number of amides is 1. The summed E-state index contributed by atoms with van der Waals surface area (Å²) in [6.07, 6.45) is 8.44. The second-order valence-electron chi connectivity index (χ2n) is 7.01. The standard InChI is InChI=1S/C21H24N4O/c22-15-19(25-20(26)21(23)10-2-1-3-11-21)14-16-4-6-17(7-5-16)18-8-12-24-13-9-18/h4-9,12-13,19H,1-3,10-11,14,23H2,(H,25,26)/t19-/m0/s1. The minimum absolute atomic E-state index is 0.197. The van der Waals surface area contributed by atoms with Gasteiger partial charge in [0.1, 0.15) is 6.04 Å². The van der Waals surface area contributed by atoms with Crippen molar-refractivity contribution >= 4 is 5.91 Å². The number of carbonyl (C=O) groups is 1. The van der Waals surface area contributed by atoms with Crippen LogP contribution in [0.3, 0.4) is 0 Å². The van der Waals surface area contributed by atoms with Gasteiger partial charge < -0.3 is 11.1 Å². The van der Waals surface area contributed by atoms with Crippen molar-refractivity contribution < 1.29 is 4.79 Å². The van der Waals surface area contributed by atoms with E-state index >= 15 is 0 Å². The summed E-state index contributed by atoms with van der Waals surface area (Å²) in [6, 6.07) is 13.6. The molecule has 3 rings (SSSR count). The quantitative estimate of drug-likeness (QED) is 0.869. The highest BCUT2D eigenvalue weighted by atomic mass is 16.2. The Balaban J connectivity index is 1.63. The fourth-order valence-electron chi connectivity index (χ4n) is 3.45. The minimum Gasteiger partial charge on any atom is -0.338 e. The van der Waals surface area contributed by atoms with Crippen LogP contribution >= 0.6 is 0 Å². The smallest absolute Gasteiger partial charge is 0.241 e. The number of nitrogens with zero attached hydrogens (tertiary/aromatic N) is 2. The molecule has 0 unspecified atom stereocenters. The monoisotopic (exact) mass is 348 g/mol. The average molecular weight is 348 g/mol. The summed E-state index contributed by atoms with van der Waals surface area (Å²) in [6.45, 7) is 0. The first kappa shape index (κ1) is 18.1. The van der Waals surface area contributed by atoms with E-state index in [1.807, 2.05) is 36.4 Å². The maximum absolute atomic E-state index is 12.5. The topological polar surface area (TPSA) is 91.8 Å². The van der Waals surface area contributed by atoms with Gasteiger partial charge in [0.05, 0.1) is 11.6 Å². The molecule has 3 N–H and O–H groups in total. The molecule has 134 valence electrons. The molecule has 1 aromatic heterocycles. The Morgan fingerprint density at radius 2 is 1.73 bits per heavy atom. The minimum atomic E-state index is -0.821. The van der Waals surface area contributed by atoms with Crippen molar-refractivity contribution in [1.29, 1.82) is 5.26 Å². The molecule has 1 heterocycles. The fourth-order valence-corrected chi connectivity index (χ4v) is 3.45. The maximum atomic E-state index is 12.5. The summed E-state index contributed by atoms with van der Waals surface area (Å²) in [5, 5.41) is 12.3. The highest BCUT2D eigenvalue weighted by Gasteiger charge is 2.36. The van der Waals surface area contributed by atoms with Crippen LogP contribution < -0.4 is 11.1 Å². The van der Waals surface area contributed by atoms with E-state index in [9.17, 15) is 10.1 Å². The Morgan fingerprint density at radius 3 is 2.35 bits per heavy atom. The van der Waals surface area contributed by atoms with Gasteiger partial charge in [-0.3, -0.25) is 9.78 Å². The summed E-state index contributed by atoms with van der Waals surface area (Å²) in [5.74, 6) is -0.197. The lowest BCUT2D eigenvalue weighted by Crippen LogP contribution is -2.57. The van der Waals surface area contributed by atoms with Crippen LogP contribution in [-0.2, 0) is 11.2 Å². The van der Waals surface area contributed by atoms with Crippen LogP contribution in [0.15, 0.2) is 48.8 Å². The first-order valence-electron chi connectivity index (χ1n) is 9.09. The number of carbonyl (C=O) groups excluding carboxylic acids is 1. The maximum Gasteiger partial charge on any atom is 0.241 e. The van der Waals surface area contributed by atoms with Crippen molar-refractivity contribution in [2.75, 3.05) is 0 Å². The van der Waals surface area contributed by atoms with Crippen LogP contribution in [-0.4, -0.2) is 22.5 Å². The Kier molecular flexibility index (Phi) is 5.65. The molecular weight excluding hydrogens is 324 g/mol. The number of hydrogen-bond donors (Lipinski definition) is 2. The first-order valence-corrected chi connectivity index (χ1v) is 9.09. The summed E-state index contributed by atoms with van der Waals surface area (Å²) < 4.78 is 0. The van der Waals surface area contributed by atoms with Crippen molar-refractivity contribution in [3.63, 3.8) is 0 Å². The number of nitrogens with one attached hydrogen (secondary N) is 1. The Labute approximate surface area is 154 Å². The van der Waals surface area contributed by atoms with Gasteiger partial charge in [-0.2, -0.15) is 5.26 Å². The van der Waals surface area contributed by atoms with Gasteiger partial charge in [-0.1, -0.05) is 43.5 Å². The second-order valence-corrected chi connectivity index (χ2v) is 7.01. The van der Waals surface area contributed by atoms with Crippen molar-refractivity contribution in [3.05, 3.63) is 54.4 Å². The molecule has 1 aliphatic carbocycles. The van der Waals surface area contributed by atoms with Gasteiger partial charge in [0.15, 0.2) is 0 Å². The molecule has 1 amide bonds. The van der Waals surface area contributed by atoms with Gasteiger partial charge in [-0.15, -0.1) is 0 Å². The van der Waals surface area contributed by atoms with E-state index in [2.05, 4.69) is 16.4 Å². The Morgan fingerprint density at radius 1 is 1.12 bits per heavy atom. The first-order chi connectivity index (χ1) is 12.6. The van der Waals surface area contributed by atoms with Crippen LogP contribution in [0.4, 0.5) is 0 Å². The lowest BCUT2D eigenvalue weighted by molar-refractivity contribution is -0.127. The van der Waals surface area contributed by atoms with Gasteiger partial charge in [0, 0.05) is 18.8 Å². The summed E-state index contributed by atoms with van der Waals surface area (Å²) in [4.78, 5) is 16.5. The Bertz CT molecular complexity index is 774. The number of rotatable bonds is 5. The summed E-state index contributed by atoms with van der Waals surface area (Å²) in [7, 11) is 0. The van der Waals surface area contributed by atoms with Gasteiger partial charge >= 0.3 is 0 Å². The molecule has 26 heavy (non-hydrogen) atoms. The summed E-state index contributed by atoms with van der Waals surface area (Å²) in [5.41, 5.74) is 8.63. The predicted octanol–water partition coefficient (Wildman–Crippen LogP) is 2.96. The number of nitrogens with two attached hydrogens (primary N) is 1. The highest BCUT2D eigenvalue weighted by molar-refractivity contribution is 5.86. The average Bonchev–Trinajstić information content (AvgIpc) is 2.69. The van der Waals surface area contributed by atoms with Crippen LogP contribution in [0, 0.1) is 11.3 Å². The van der Waals surface area contributed by atoms with E-state index in [0.29, 0.717) is 19.3 Å². The number of aromatic nitrogens is 1. The molecule has 1 aromatic carbocycles. The number of nitriles is 1. The number of pyridine rings is 1. The molecular formula is C21H24N4O. The third-order valence-corrected chi connectivity index (χ3v) is 5.07. The van der Waals surface area contributed by atoms with E-state index in [-0.39, 0.29) is 5.91 Å². The zero-order valence-corrected chi connectivity index (χ0v) is 14.8. The SMILES string of the molecule is N#C[C@H](Cc1ccc(-c2ccncc2)cc1)NC(=O)C1(N)CCCCC1. The van der Waals surface area contributed by atoms with Crippen molar-refractivity contribution in [1.82, 2.24) is 10.3 Å². The molecule has 1 saturated carbocycles. The third kappa shape index (κ3) is 4.27. The Hall–Kier alpha value is -2.71. The van der Waals surface area contributed by atoms with Crippen molar-refractivity contribution in [3.8, 4) is 17.2 Å². The van der Waals surface area contributed by atoms with E-state index < -0.39 is 11.6 Å². The molecule has 5 heteroatoms. The highest BCUT2D eigenvalue weighted by Crippen LogP contribution is 2.26. The fraction of sp³-hybridized carbons (Fsp3) is 0.381. The van der Waals surface area contributed by atoms with Gasteiger partial charge in [0.25, 0.3) is 0 Å². The van der Waals surface area contributed by atoms with Crippen LogP contribution in [0.2, 0.25) is 0 Å². The van der Waals surface area contributed by atoms with E-state index in [1.165, 1.54) is 0 Å². The molecule has 0 spiro atoms. The van der Waals surface area contributed by atoms with E-state index in [0.717, 1.165) is 36.0 Å². The summed E-state index contributed by atoms with van der Waals surface area (Å²) >= 11 is 0. The lowest BCUT2D eigenvalue weighted by Gasteiger charge is -2.32. The van der Waals surface area contributed by atoms with Crippen LogP contribution in [0.5, 0.6) is 0 Å². The zero-order chi connectivity index (χ0) is 18.4. The molecule has 2 aromatic rings. The molecule has 0 saturated heterocycles. The number of benzene rings is 1. The van der Waals surface area contributed by atoms with Gasteiger partial charge in [-0.25, -0.2) is 0 Å². The molecule has 0 bridgehead atoms. The number of hydrogen-bond acceptors (Lipinski definition) is 4. The molecule has 0 aliphatic heterocycles. The normalized spacial score (nSPS) is 17.1. The largest absolute Gasteiger partial charge is 0.338 e. The van der Waals surface area contributed by atoms with Crippen LogP contribution in [0.1, 0.15) is 37.7 Å². The molecule has 1 atom stereocenters. The molecule has 0 radical (unpaired) electrons. The molecule has 5 nitrogen and oxygen atoms in total. The van der Waals surface area contributed by atoms with Crippen LogP contribution in [0.25, 0.3) is 11.1 Å². The van der Waals surface area contributed by atoms with E-state index in [4.69, 9.17) is 5.73 Å². The molecule has 1 aliphatic rings. The van der Waals surface area contributed by atoms with Gasteiger partial charge in [-0.05, 0) is 41.7 Å². The third-order valence-electron chi connectivity index (χ3n) is 5.07. The van der Waals surface area contributed by atoms with Crippen molar-refractivity contribution in [2.24, 2.45) is 5.73 Å². The second kappa shape index (κ2) is 8.11.